The minimum atomic E-state index is -0.553. The van der Waals surface area contributed by atoms with E-state index in [0.29, 0.717) is 19.6 Å². The van der Waals surface area contributed by atoms with Crippen LogP contribution in [0.5, 0.6) is 0 Å². The van der Waals surface area contributed by atoms with Gasteiger partial charge in [-0.3, -0.25) is 14.3 Å². The fourth-order valence-corrected chi connectivity index (χ4v) is 2.04. The molecule has 0 aliphatic carbocycles. The second kappa shape index (κ2) is 8.48. The highest BCUT2D eigenvalue weighted by Crippen LogP contribution is 2.13. The van der Waals surface area contributed by atoms with Gasteiger partial charge in [-0.1, -0.05) is 13.3 Å². The number of aromatic nitrogens is 2. The van der Waals surface area contributed by atoms with E-state index >= 15 is 0 Å². The lowest BCUT2D eigenvalue weighted by molar-refractivity contribution is 0.186. The quantitative estimate of drug-likeness (QED) is 0.491. The zero-order valence-electron chi connectivity index (χ0n) is 12.5. The molecular formula is C13H24N4O4. The number of ether oxygens (including phenoxy) is 1. The maximum absolute atomic E-state index is 11.9. The molecule has 0 aliphatic rings. The maximum Gasteiger partial charge on any atom is 0.330 e. The van der Waals surface area contributed by atoms with E-state index in [1.807, 2.05) is 6.92 Å². The number of methoxy groups -OCH3 is 1. The van der Waals surface area contributed by atoms with E-state index in [4.69, 9.17) is 15.6 Å². The van der Waals surface area contributed by atoms with E-state index in [-0.39, 0.29) is 30.6 Å². The Morgan fingerprint density at radius 1 is 1.48 bits per heavy atom. The molecule has 0 fully saturated rings. The van der Waals surface area contributed by atoms with Gasteiger partial charge in [-0.2, -0.15) is 0 Å². The standard InChI is InChI=1S/C13H24N4O4/c1-3-9(4-6-18)8-15-10-11(14)17(5-7-21-2)13(20)16-12(10)19/h9,15,18H,3-8,14H2,1-2H3,(H,16,19,20). The lowest BCUT2D eigenvalue weighted by Crippen LogP contribution is -2.35. The monoisotopic (exact) mass is 300 g/mol. The van der Waals surface area contributed by atoms with Gasteiger partial charge >= 0.3 is 5.69 Å². The van der Waals surface area contributed by atoms with Gasteiger partial charge in [0.15, 0.2) is 0 Å². The van der Waals surface area contributed by atoms with E-state index in [2.05, 4.69) is 10.3 Å². The van der Waals surface area contributed by atoms with Crippen LogP contribution in [0.25, 0.3) is 0 Å². The van der Waals surface area contributed by atoms with Crippen molar-refractivity contribution in [1.82, 2.24) is 9.55 Å². The third-order valence-corrected chi connectivity index (χ3v) is 3.44. The van der Waals surface area contributed by atoms with Crippen LogP contribution in [0.2, 0.25) is 0 Å². The number of hydrogen-bond acceptors (Lipinski definition) is 6. The number of nitrogens with one attached hydrogen (secondary N) is 2. The first-order valence-electron chi connectivity index (χ1n) is 7.01. The number of aliphatic hydroxyl groups excluding tert-OH is 1. The first-order valence-corrected chi connectivity index (χ1v) is 7.01. The third-order valence-electron chi connectivity index (χ3n) is 3.44. The number of hydrogen-bond donors (Lipinski definition) is 4. The first-order chi connectivity index (χ1) is 10.0. The molecular weight excluding hydrogens is 276 g/mol. The molecule has 1 aromatic rings. The van der Waals surface area contributed by atoms with Crippen molar-refractivity contribution in [3.8, 4) is 0 Å². The Bertz CT molecular complexity index is 552. The molecule has 8 nitrogen and oxygen atoms in total. The van der Waals surface area contributed by atoms with E-state index in [1.54, 1.807) is 0 Å². The van der Waals surface area contributed by atoms with E-state index in [9.17, 15) is 9.59 Å². The van der Waals surface area contributed by atoms with Crippen LogP contribution in [0, 0.1) is 5.92 Å². The second-order valence-electron chi connectivity index (χ2n) is 4.83. The Morgan fingerprint density at radius 3 is 2.76 bits per heavy atom. The lowest BCUT2D eigenvalue weighted by Gasteiger charge is -2.17. The van der Waals surface area contributed by atoms with Gasteiger partial charge in [0.2, 0.25) is 0 Å². The summed E-state index contributed by atoms with van der Waals surface area (Å²) in [6, 6.07) is 0. The van der Waals surface area contributed by atoms with Gasteiger partial charge in [0.1, 0.15) is 11.5 Å². The minimum absolute atomic E-state index is 0.0966. The summed E-state index contributed by atoms with van der Waals surface area (Å²) in [6.45, 7) is 3.19. The van der Waals surface area contributed by atoms with Crippen LogP contribution in [0.1, 0.15) is 19.8 Å². The van der Waals surface area contributed by atoms with Gasteiger partial charge in [-0.05, 0) is 12.3 Å². The Kier molecular flexibility index (Phi) is 6.97. The van der Waals surface area contributed by atoms with Gasteiger partial charge < -0.3 is 20.9 Å². The molecule has 1 unspecified atom stereocenters. The molecule has 0 saturated heterocycles. The van der Waals surface area contributed by atoms with Crippen LogP contribution in [0.3, 0.4) is 0 Å². The lowest BCUT2D eigenvalue weighted by atomic mass is 10.0. The fourth-order valence-electron chi connectivity index (χ4n) is 2.04. The number of aliphatic hydroxyl groups is 1. The second-order valence-corrected chi connectivity index (χ2v) is 4.83. The van der Waals surface area contributed by atoms with Gasteiger partial charge in [-0.25, -0.2) is 4.79 Å². The molecule has 0 aromatic carbocycles. The summed E-state index contributed by atoms with van der Waals surface area (Å²) < 4.78 is 6.18. The zero-order chi connectivity index (χ0) is 15.8. The molecule has 1 heterocycles. The SMILES string of the molecule is CCC(CCO)CNc1c(N)n(CCOC)c(=O)[nH]c1=O. The Hall–Kier alpha value is -1.80. The third kappa shape index (κ3) is 4.61. The highest BCUT2D eigenvalue weighted by Gasteiger charge is 2.13. The Morgan fingerprint density at radius 2 is 2.19 bits per heavy atom. The summed E-state index contributed by atoms with van der Waals surface area (Å²) in [5.41, 5.74) is 5.00. The molecule has 0 radical (unpaired) electrons. The Balaban J connectivity index is 2.96. The molecule has 0 spiro atoms. The number of nitrogens with zero attached hydrogens (tertiary/aromatic N) is 1. The molecule has 120 valence electrons. The number of rotatable bonds is 9. The largest absolute Gasteiger partial charge is 0.396 e. The summed E-state index contributed by atoms with van der Waals surface area (Å²) in [5.74, 6) is 0.327. The molecule has 8 heteroatoms. The molecule has 1 aromatic heterocycles. The van der Waals surface area contributed by atoms with Gasteiger partial charge in [0.25, 0.3) is 5.56 Å². The predicted molar refractivity (Wildman–Crippen MR) is 81.6 cm³/mol. The molecule has 0 aliphatic heterocycles. The van der Waals surface area contributed by atoms with Crippen LogP contribution < -0.4 is 22.3 Å². The van der Waals surface area contributed by atoms with Crippen molar-refractivity contribution >= 4 is 11.5 Å². The zero-order valence-corrected chi connectivity index (χ0v) is 12.5. The smallest absolute Gasteiger partial charge is 0.330 e. The highest BCUT2D eigenvalue weighted by atomic mass is 16.5. The van der Waals surface area contributed by atoms with Crippen molar-refractivity contribution in [3.63, 3.8) is 0 Å². The summed E-state index contributed by atoms with van der Waals surface area (Å²) in [5, 5.41) is 12.0. The first kappa shape index (κ1) is 17.3. The van der Waals surface area contributed by atoms with Crippen molar-refractivity contribution in [2.24, 2.45) is 5.92 Å². The van der Waals surface area contributed by atoms with Crippen LogP contribution >= 0.6 is 0 Å². The molecule has 5 N–H and O–H groups in total. The number of aromatic amines is 1. The normalized spacial score (nSPS) is 12.3. The maximum atomic E-state index is 11.9. The predicted octanol–water partition coefficient (Wildman–Crippen LogP) is -0.414. The molecule has 0 amide bonds. The van der Waals surface area contributed by atoms with E-state index in [1.165, 1.54) is 11.7 Å². The fraction of sp³-hybridized carbons (Fsp3) is 0.692. The number of nitrogen functional groups attached to an aromatic ring is 1. The van der Waals surface area contributed by atoms with Crippen molar-refractivity contribution in [2.75, 3.05) is 37.9 Å². The van der Waals surface area contributed by atoms with Gasteiger partial charge in [0.05, 0.1) is 13.2 Å². The van der Waals surface area contributed by atoms with E-state index in [0.717, 1.165) is 6.42 Å². The number of nitrogens with two attached hydrogens (primary N) is 1. The minimum Gasteiger partial charge on any atom is -0.396 e. The van der Waals surface area contributed by atoms with Crippen LogP contribution in [-0.2, 0) is 11.3 Å². The summed E-state index contributed by atoms with van der Waals surface area (Å²) in [6.07, 6.45) is 1.51. The summed E-state index contributed by atoms with van der Waals surface area (Å²) >= 11 is 0. The molecule has 0 bridgehead atoms. The molecule has 1 rings (SSSR count). The average Bonchev–Trinajstić information content (AvgIpc) is 2.45. The average molecular weight is 300 g/mol. The van der Waals surface area contributed by atoms with Crippen molar-refractivity contribution in [3.05, 3.63) is 20.8 Å². The molecule has 1 atom stereocenters. The number of H-pyrrole nitrogens is 1. The number of anilines is 2. The van der Waals surface area contributed by atoms with Gasteiger partial charge in [-0.15, -0.1) is 0 Å². The summed E-state index contributed by atoms with van der Waals surface area (Å²) in [4.78, 5) is 25.8. The highest BCUT2D eigenvalue weighted by molar-refractivity contribution is 5.60. The topological polar surface area (TPSA) is 122 Å². The molecule has 0 saturated carbocycles. The Labute approximate surface area is 122 Å². The van der Waals surface area contributed by atoms with Gasteiger partial charge in [0, 0.05) is 20.3 Å². The van der Waals surface area contributed by atoms with Crippen LogP contribution in [0.4, 0.5) is 11.5 Å². The van der Waals surface area contributed by atoms with Crippen molar-refractivity contribution in [1.29, 1.82) is 0 Å². The molecule has 21 heavy (non-hydrogen) atoms. The summed E-state index contributed by atoms with van der Waals surface area (Å²) in [7, 11) is 1.52. The van der Waals surface area contributed by atoms with Crippen molar-refractivity contribution in [2.45, 2.75) is 26.3 Å². The van der Waals surface area contributed by atoms with Crippen LogP contribution in [-0.4, -0.2) is 41.5 Å². The van der Waals surface area contributed by atoms with E-state index < -0.39 is 11.2 Å². The van der Waals surface area contributed by atoms with Crippen molar-refractivity contribution < 1.29 is 9.84 Å². The van der Waals surface area contributed by atoms with Crippen LogP contribution in [0.15, 0.2) is 9.59 Å².